The van der Waals surface area contributed by atoms with E-state index in [0.717, 1.165) is 32.4 Å². The van der Waals surface area contributed by atoms with Gasteiger partial charge in [0.25, 0.3) is 5.91 Å². The number of carbonyl (C=O) groups excluding carboxylic acids is 3. The summed E-state index contributed by atoms with van der Waals surface area (Å²) in [5, 5.41) is 1.85. The van der Waals surface area contributed by atoms with E-state index in [4.69, 9.17) is 10.5 Å². The van der Waals surface area contributed by atoms with Gasteiger partial charge in [0.05, 0.1) is 0 Å². The molecule has 0 unspecified atom stereocenters. The lowest BCUT2D eigenvalue weighted by Gasteiger charge is -2.35. The van der Waals surface area contributed by atoms with Crippen LogP contribution in [-0.4, -0.2) is 48.5 Å². The topological polar surface area (TPSA) is 102 Å². The number of hydrogen-bond donors (Lipinski definition) is 2. The Morgan fingerprint density at radius 2 is 1.88 bits per heavy atom. The van der Waals surface area contributed by atoms with Gasteiger partial charge in [-0.1, -0.05) is 30.3 Å². The lowest BCUT2D eigenvalue weighted by molar-refractivity contribution is -0.153. The number of benzene rings is 1. The number of primary amides is 1. The first-order valence-electron chi connectivity index (χ1n) is 8.49. The van der Waals surface area contributed by atoms with Crippen LogP contribution in [-0.2, 0) is 20.7 Å². The van der Waals surface area contributed by atoms with E-state index < -0.39 is 30.6 Å². The fourth-order valence-corrected chi connectivity index (χ4v) is 3.07. The van der Waals surface area contributed by atoms with Gasteiger partial charge in [0.2, 0.25) is 0 Å². The van der Waals surface area contributed by atoms with Gasteiger partial charge in [-0.2, -0.15) is 0 Å². The van der Waals surface area contributed by atoms with Crippen LogP contribution >= 0.6 is 0 Å². The van der Waals surface area contributed by atoms with Gasteiger partial charge >= 0.3 is 12.0 Å². The van der Waals surface area contributed by atoms with Crippen LogP contribution in [0.5, 0.6) is 0 Å². The van der Waals surface area contributed by atoms with Crippen LogP contribution < -0.4 is 11.1 Å². The number of imide groups is 1. The summed E-state index contributed by atoms with van der Waals surface area (Å²) < 4.78 is 4.94. The third-order valence-corrected chi connectivity index (χ3v) is 4.51. The smallest absolute Gasteiger partial charge is 0.323 e. The summed E-state index contributed by atoms with van der Waals surface area (Å²) in [6.07, 6.45) is 3.10. The number of nitrogens with one attached hydrogen (secondary N) is 1. The monoisotopic (exact) mass is 347 g/mol. The van der Waals surface area contributed by atoms with E-state index in [1.54, 1.807) is 6.92 Å². The lowest BCUT2D eigenvalue weighted by atomic mass is 9.89. The van der Waals surface area contributed by atoms with Crippen LogP contribution in [0.1, 0.15) is 25.3 Å². The maximum Gasteiger partial charge on any atom is 0.323 e. The second-order valence-electron chi connectivity index (χ2n) is 6.37. The van der Waals surface area contributed by atoms with Gasteiger partial charge in [0.1, 0.15) is 6.04 Å². The van der Waals surface area contributed by atoms with Crippen molar-refractivity contribution in [2.75, 3.05) is 19.7 Å². The standard InChI is InChI=1S/C18H25N3O4/c1-13(17(23)25-12-16(22)20-18(19)24)21-9-7-15(8-10-21)11-14-5-3-2-4-6-14/h2-6,13,15H,7-12H2,1H3,(H3,19,20,22,24)/t13-/m0/s1. The largest absolute Gasteiger partial charge is 0.454 e. The number of carbonyl (C=O) groups is 3. The van der Waals surface area contributed by atoms with Gasteiger partial charge in [-0.3, -0.25) is 19.8 Å². The number of likely N-dealkylation sites (tertiary alicyclic amines) is 1. The summed E-state index contributed by atoms with van der Waals surface area (Å²) >= 11 is 0. The van der Waals surface area contributed by atoms with Crippen molar-refractivity contribution in [1.29, 1.82) is 0 Å². The molecule has 0 spiro atoms. The fourth-order valence-electron chi connectivity index (χ4n) is 3.07. The molecule has 0 saturated carbocycles. The van der Waals surface area contributed by atoms with Crippen molar-refractivity contribution in [2.45, 2.75) is 32.2 Å². The van der Waals surface area contributed by atoms with Crippen LogP contribution in [0.2, 0.25) is 0 Å². The normalized spacial score (nSPS) is 16.8. The number of amides is 3. The molecule has 0 aliphatic carbocycles. The highest BCUT2D eigenvalue weighted by Crippen LogP contribution is 2.23. The van der Waals surface area contributed by atoms with E-state index in [1.807, 2.05) is 11.4 Å². The first-order valence-corrected chi connectivity index (χ1v) is 8.49. The number of hydrogen-bond acceptors (Lipinski definition) is 5. The summed E-state index contributed by atoms with van der Waals surface area (Å²) in [5.41, 5.74) is 6.17. The molecule has 0 radical (unpaired) electrons. The number of piperidine rings is 1. The van der Waals surface area contributed by atoms with Crippen LogP contribution in [0.15, 0.2) is 30.3 Å². The van der Waals surface area contributed by atoms with E-state index in [-0.39, 0.29) is 0 Å². The zero-order chi connectivity index (χ0) is 18.2. The number of ether oxygens (including phenoxy) is 1. The Hall–Kier alpha value is -2.41. The Morgan fingerprint density at radius 1 is 1.24 bits per heavy atom. The molecule has 1 atom stereocenters. The van der Waals surface area contributed by atoms with Gasteiger partial charge in [-0.15, -0.1) is 0 Å². The zero-order valence-electron chi connectivity index (χ0n) is 14.4. The molecule has 1 aromatic carbocycles. The first-order chi connectivity index (χ1) is 12.0. The van der Waals surface area contributed by atoms with Crippen LogP contribution in [0, 0.1) is 5.92 Å². The van der Waals surface area contributed by atoms with Crippen molar-refractivity contribution < 1.29 is 19.1 Å². The van der Waals surface area contributed by atoms with Gasteiger partial charge < -0.3 is 10.5 Å². The van der Waals surface area contributed by atoms with Crippen LogP contribution in [0.3, 0.4) is 0 Å². The van der Waals surface area contributed by atoms with E-state index in [0.29, 0.717) is 5.92 Å². The Morgan fingerprint density at radius 3 is 2.48 bits per heavy atom. The summed E-state index contributed by atoms with van der Waals surface area (Å²) in [7, 11) is 0. The molecule has 0 aromatic heterocycles. The number of nitrogens with zero attached hydrogens (tertiary/aromatic N) is 1. The minimum absolute atomic E-state index is 0.418. The van der Waals surface area contributed by atoms with Crippen molar-refractivity contribution in [1.82, 2.24) is 10.2 Å². The molecule has 7 nitrogen and oxygen atoms in total. The quantitative estimate of drug-likeness (QED) is 0.750. The molecule has 7 heteroatoms. The van der Waals surface area contributed by atoms with E-state index in [2.05, 4.69) is 29.2 Å². The first kappa shape index (κ1) is 18.9. The van der Waals surface area contributed by atoms with Crippen molar-refractivity contribution in [3.8, 4) is 0 Å². The molecule has 1 aliphatic heterocycles. The van der Waals surface area contributed by atoms with Crippen molar-refractivity contribution >= 4 is 17.9 Å². The molecule has 3 amide bonds. The summed E-state index contributed by atoms with van der Waals surface area (Å²) in [6.45, 7) is 2.91. The Bertz CT molecular complexity index is 598. The average molecular weight is 347 g/mol. The molecule has 3 N–H and O–H groups in total. The minimum atomic E-state index is -0.963. The zero-order valence-corrected chi connectivity index (χ0v) is 14.4. The average Bonchev–Trinajstić information content (AvgIpc) is 2.60. The highest BCUT2D eigenvalue weighted by Gasteiger charge is 2.28. The second kappa shape index (κ2) is 9.17. The third-order valence-electron chi connectivity index (χ3n) is 4.51. The van der Waals surface area contributed by atoms with Crippen molar-refractivity contribution in [2.24, 2.45) is 11.7 Å². The Balaban J connectivity index is 1.72. The molecule has 1 aromatic rings. The van der Waals surface area contributed by atoms with Gasteiger partial charge in [-0.05, 0) is 50.8 Å². The number of esters is 1. The van der Waals surface area contributed by atoms with Gasteiger partial charge in [-0.25, -0.2) is 4.79 Å². The predicted molar refractivity (Wildman–Crippen MR) is 92.6 cm³/mol. The van der Waals surface area contributed by atoms with Gasteiger partial charge in [0, 0.05) is 0 Å². The van der Waals surface area contributed by atoms with Crippen LogP contribution in [0.4, 0.5) is 4.79 Å². The maximum absolute atomic E-state index is 12.0. The lowest BCUT2D eigenvalue weighted by Crippen LogP contribution is -2.46. The van der Waals surface area contributed by atoms with Crippen LogP contribution in [0.25, 0.3) is 0 Å². The summed E-state index contributed by atoms with van der Waals surface area (Å²) in [6, 6.07) is 9.03. The van der Waals surface area contributed by atoms with Crippen molar-refractivity contribution in [3.05, 3.63) is 35.9 Å². The number of nitrogens with two attached hydrogens (primary N) is 1. The molecular weight excluding hydrogens is 322 g/mol. The number of rotatable bonds is 6. The SMILES string of the molecule is C[C@@H](C(=O)OCC(=O)NC(N)=O)N1CCC(Cc2ccccc2)CC1. The predicted octanol–water partition coefficient (Wildman–Crippen LogP) is 1.07. The molecule has 1 fully saturated rings. The third kappa shape index (κ3) is 6.19. The van der Waals surface area contributed by atoms with Crippen molar-refractivity contribution in [3.63, 3.8) is 0 Å². The molecule has 2 rings (SSSR count). The summed E-state index contributed by atoms with van der Waals surface area (Å²) in [4.78, 5) is 35.9. The maximum atomic E-state index is 12.0. The van der Waals surface area contributed by atoms with Gasteiger partial charge in [0.15, 0.2) is 6.61 Å². The van der Waals surface area contributed by atoms with E-state index in [1.165, 1.54) is 5.56 Å². The Kier molecular flexibility index (Phi) is 6.94. The molecular formula is C18H25N3O4. The number of urea groups is 1. The molecule has 1 heterocycles. The van der Waals surface area contributed by atoms with E-state index >= 15 is 0 Å². The molecule has 1 saturated heterocycles. The molecule has 0 bridgehead atoms. The van der Waals surface area contributed by atoms with E-state index in [9.17, 15) is 14.4 Å². The molecule has 25 heavy (non-hydrogen) atoms. The second-order valence-corrected chi connectivity index (χ2v) is 6.37. The summed E-state index contributed by atoms with van der Waals surface area (Å²) in [5.74, 6) is -0.584. The fraction of sp³-hybridized carbons (Fsp3) is 0.500. The Labute approximate surface area is 147 Å². The molecule has 1 aliphatic rings. The highest BCUT2D eigenvalue weighted by atomic mass is 16.5. The highest BCUT2D eigenvalue weighted by molar-refractivity contribution is 5.94. The molecule has 136 valence electrons. The minimum Gasteiger partial charge on any atom is -0.454 e.